The summed E-state index contributed by atoms with van der Waals surface area (Å²) in [7, 11) is 7.86. The molecule has 0 aliphatic rings. The van der Waals surface area contributed by atoms with Crippen molar-refractivity contribution in [3.63, 3.8) is 0 Å². The second kappa shape index (κ2) is 45.4. The second-order valence-electron chi connectivity index (χ2n) is 30.0. The molecule has 0 unspecified atom stereocenters. The Balaban J connectivity index is 0.000000269. The van der Waals surface area contributed by atoms with Gasteiger partial charge in [0, 0.05) is 83.7 Å². The summed E-state index contributed by atoms with van der Waals surface area (Å²) < 4.78 is 203. The maximum Gasteiger partial charge on any atom is 0.420 e. The zero-order valence-corrected chi connectivity index (χ0v) is 69.2. The minimum absolute atomic E-state index is 0.0739. The Hall–Kier alpha value is -7.86. The van der Waals surface area contributed by atoms with Gasteiger partial charge in [-0.15, -0.1) is 0 Å². The number of aromatic amines is 4. The molecule has 30 heteroatoms. The lowest BCUT2D eigenvalue weighted by Gasteiger charge is -2.20. The average molecular weight is 1630 g/mol. The van der Waals surface area contributed by atoms with Crippen molar-refractivity contribution < 1.29 is 76.0 Å². The summed E-state index contributed by atoms with van der Waals surface area (Å²) in [6.45, 7) is 30.8. The van der Waals surface area contributed by atoms with E-state index in [0.29, 0.717) is 92.4 Å². The van der Waals surface area contributed by atoms with E-state index >= 15 is 8.78 Å². The molecule has 0 amide bonds. The zero-order chi connectivity index (χ0) is 84.1. The van der Waals surface area contributed by atoms with E-state index in [1.807, 2.05) is 81.6 Å². The van der Waals surface area contributed by atoms with Crippen molar-refractivity contribution in [2.45, 2.75) is 211 Å². The van der Waals surface area contributed by atoms with E-state index < -0.39 is 64.1 Å². The Morgan fingerprint density at radius 3 is 1.19 bits per heavy atom. The highest BCUT2D eigenvalue weighted by atomic mass is 35.5. The van der Waals surface area contributed by atoms with E-state index in [4.69, 9.17) is 30.5 Å². The topological polar surface area (TPSA) is 165 Å². The molecule has 4 aromatic carbocycles. The van der Waals surface area contributed by atoms with Crippen LogP contribution >= 0.6 is 11.6 Å². The van der Waals surface area contributed by atoms with Gasteiger partial charge in [-0.05, 0) is 172 Å². The Kier molecular flexibility index (Phi) is 38.5. The summed E-state index contributed by atoms with van der Waals surface area (Å²) in [5, 5.41) is 27.4. The third-order valence-electron chi connectivity index (χ3n) is 18.2. The van der Waals surface area contributed by atoms with Crippen LogP contribution in [0.15, 0.2) is 73.3 Å². The van der Waals surface area contributed by atoms with Crippen LogP contribution in [0.5, 0.6) is 23.0 Å². The van der Waals surface area contributed by atoms with Crippen LogP contribution in [-0.4, -0.2) is 141 Å². The maximum atomic E-state index is 15.2. The first-order valence-electron chi connectivity index (χ1n) is 38.8. The number of nitrogens with zero attached hydrogens (tertiary/aromatic N) is 8. The van der Waals surface area contributed by atoms with E-state index in [9.17, 15) is 48.3 Å². The molecule has 4 N–H and O–H groups in total. The summed E-state index contributed by atoms with van der Waals surface area (Å²) in [6, 6.07) is 9.82. The van der Waals surface area contributed by atoms with Gasteiger partial charge in [-0.25, -0.2) is 17.6 Å². The number of hydrogen-bond donors (Lipinski definition) is 4. The van der Waals surface area contributed by atoms with Gasteiger partial charge in [0.2, 0.25) is 0 Å². The van der Waals surface area contributed by atoms with Gasteiger partial charge in [-0.2, -0.15) is 59.9 Å². The van der Waals surface area contributed by atoms with Crippen molar-refractivity contribution in [2.24, 2.45) is 17.8 Å². The van der Waals surface area contributed by atoms with Crippen LogP contribution in [0.4, 0.5) is 57.1 Å². The lowest BCUT2D eigenvalue weighted by Crippen LogP contribution is -2.19. The van der Waals surface area contributed by atoms with Gasteiger partial charge in [0.05, 0.1) is 95.7 Å². The summed E-state index contributed by atoms with van der Waals surface area (Å²) >= 11 is 6.31. The molecule has 0 saturated carbocycles. The molecule has 0 radical (unpaired) electrons. The highest BCUT2D eigenvalue weighted by Crippen LogP contribution is 2.46. The van der Waals surface area contributed by atoms with Crippen LogP contribution in [0.25, 0.3) is 45.0 Å². The van der Waals surface area contributed by atoms with Gasteiger partial charge in [-0.1, -0.05) is 113 Å². The zero-order valence-electron chi connectivity index (χ0n) is 68.4. The maximum absolute atomic E-state index is 15.2. The van der Waals surface area contributed by atoms with Gasteiger partial charge in [-0.3, -0.25) is 20.4 Å². The Morgan fingerprint density at radius 2 is 0.805 bits per heavy atom. The quantitative estimate of drug-likeness (QED) is 0.0270. The van der Waals surface area contributed by atoms with Gasteiger partial charge in [0.15, 0.2) is 11.6 Å². The smallest absolute Gasteiger partial charge is 0.420 e. The predicted molar refractivity (Wildman–Crippen MR) is 421 cm³/mol. The molecule has 0 aliphatic carbocycles. The lowest BCUT2D eigenvalue weighted by molar-refractivity contribution is -0.140. The number of benzene rings is 4. The third-order valence-corrected chi connectivity index (χ3v) is 18.5. The van der Waals surface area contributed by atoms with E-state index in [2.05, 4.69) is 83.2 Å². The first-order chi connectivity index (χ1) is 53.2. The van der Waals surface area contributed by atoms with Crippen LogP contribution < -0.4 is 18.9 Å². The Labute approximate surface area is 663 Å². The highest BCUT2D eigenvalue weighted by Gasteiger charge is 2.40. The van der Waals surface area contributed by atoms with Crippen molar-refractivity contribution in [2.75, 3.05) is 80.8 Å². The Morgan fingerprint density at radius 1 is 0.416 bits per heavy atom. The molecule has 630 valence electrons. The molecule has 0 atom stereocenters. The normalized spacial score (nSPS) is 12.2. The molecule has 4 aromatic heterocycles. The van der Waals surface area contributed by atoms with Crippen molar-refractivity contribution in [3.05, 3.63) is 140 Å². The molecule has 8 aromatic rings. The molecule has 8 rings (SSSR count). The summed E-state index contributed by atoms with van der Waals surface area (Å²) in [5.41, 5.74) is 2.46. The van der Waals surface area contributed by atoms with Gasteiger partial charge < -0.3 is 38.5 Å². The van der Waals surface area contributed by atoms with Crippen LogP contribution in [0.2, 0.25) is 5.02 Å². The fourth-order valence-corrected chi connectivity index (χ4v) is 12.2. The largest absolute Gasteiger partial charge is 0.493 e. The predicted octanol–water partition coefficient (Wildman–Crippen LogP) is 23.3. The van der Waals surface area contributed by atoms with Crippen LogP contribution in [0.1, 0.15) is 204 Å². The summed E-state index contributed by atoms with van der Waals surface area (Å²) in [6.07, 6.45) is 3.16. The molecule has 4 heterocycles. The average Bonchev–Trinajstić information content (AvgIpc) is 1.77. The minimum Gasteiger partial charge on any atom is -0.493 e. The van der Waals surface area contributed by atoms with Gasteiger partial charge in [0.25, 0.3) is 5.92 Å². The van der Waals surface area contributed by atoms with Crippen LogP contribution in [-0.2, 0) is 50.6 Å². The fraction of sp³-hybridized carbons (Fsp3) is 0.566. The summed E-state index contributed by atoms with van der Waals surface area (Å²) in [5.74, 6) is -5.25. The molecule has 0 spiro atoms. The van der Waals surface area contributed by atoms with Crippen LogP contribution in [0, 0.1) is 36.3 Å². The minimum atomic E-state index is -4.61. The summed E-state index contributed by atoms with van der Waals surface area (Å²) in [4.78, 5) is 8.39. The highest BCUT2D eigenvalue weighted by molar-refractivity contribution is 6.33. The SMILES string of the molecule is CCCCN(C)Cc1cn[nH]c1-c1cc(C(F)(F)F)c(OCCC)cc1Cl.CCCCN(C)Cc1cn[nH]c1-c1cc(C(F)(F)F)cc(OCCC(C)C)c1F.CCCCN(C)Cc1cn[nH]c1-c1ccc(OCC(C)C)c(C(C)(F)F)c1F.CCCCN(C)Cc1cn[nH]c1-c1ccc(OCCC(C)C)c(C(F)(F)F)c1C. The van der Waals surface area contributed by atoms with E-state index in [-0.39, 0.29) is 82.6 Å². The second-order valence-corrected chi connectivity index (χ2v) is 30.4. The third kappa shape index (κ3) is 29.7. The fourth-order valence-electron chi connectivity index (χ4n) is 12.0. The number of rotatable bonds is 39. The number of alkyl halides is 11. The van der Waals surface area contributed by atoms with E-state index in [0.717, 1.165) is 112 Å². The molecular formula is C83H116ClF13N12O4. The number of hydrogen-bond acceptors (Lipinski definition) is 12. The van der Waals surface area contributed by atoms with E-state index in [1.54, 1.807) is 24.7 Å². The van der Waals surface area contributed by atoms with Gasteiger partial charge >= 0.3 is 18.5 Å². The van der Waals surface area contributed by atoms with Crippen LogP contribution in [0.3, 0.4) is 0 Å². The van der Waals surface area contributed by atoms with Crippen molar-refractivity contribution in [1.82, 2.24) is 60.4 Å². The molecular weight excluding hydrogens is 1510 g/mol. The monoisotopic (exact) mass is 1630 g/mol. The van der Waals surface area contributed by atoms with Crippen molar-refractivity contribution in [1.29, 1.82) is 0 Å². The molecule has 16 nitrogen and oxygen atoms in total. The number of H-pyrrole nitrogens is 4. The molecule has 0 bridgehead atoms. The van der Waals surface area contributed by atoms with Crippen molar-refractivity contribution in [3.8, 4) is 68.0 Å². The molecule has 0 aliphatic heterocycles. The number of ether oxygens (including phenoxy) is 4. The first-order valence-corrected chi connectivity index (χ1v) is 39.2. The number of aromatic nitrogens is 8. The molecule has 113 heavy (non-hydrogen) atoms. The number of unbranched alkanes of at least 4 members (excludes halogenated alkanes) is 4. The Bertz CT molecular complexity index is 4130. The van der Waals surface area contributed by atoms with Gasteiger partial charge in [0.1, 0.15) is 28.6 Å². The molecule has 0 fully saturated rings. The molecule has 0 saturated heterocycles. The lowest BCUT2D eigenvalue weighted by atomic mass is 9.96. The van der Waals surface area contributed by atoms with Crippen molar-refractivity contribution >= 4 is 11.6 Å². The first kappa shape index (κ1) is 95.7. The standard InChI is InChI=1S/C22H32F3N3O.C21H29F4N3O.C21H30F3N3O.C19H25ClF3N3O/c1-6-7-11-28(5)14-17-13-26-27-21(17)18-8-9-19(29-12-10-15(2)3)20(16(18)4)22(23,24)25;1-5-6-8-28(4)13-15-12-26-27-20(15)17-10-16(21(23,24)25)11-18(19(17)22)29-9-7-14(2)3;1-6-7-10-27(5)12-15-11-25-26-20(15)16-8-9-17(28-13-14(2)3)18(19(16)22)21(4,23)24;1-4-6-7-26(3)12-13-11-24-25-18(13)14-9-15(19(21,22)23)17(10-16(14)20)27-8-5-2/h8-9,13,15H,6-7,10-12,14H2,1-5H3,(H,26,27);10-12,14H,5-9,13H2,1-4H3,(H,26,27);8-9,11,14H,6-7,10,12-13H2,1-5H3,(H,25,26);9-11H,4-8,12H2,1-3H3,(H,24,25). The number of nitrogens with one attached hydrogen (secondary N) is 4. The van der Waals surface area contributed by atoms with E-state index in [1.165, 1.54) is 37.4 Å². The number of halogens is 14.